The van der Waals surface area contributed by atoms with E-state index in [0.717, 1.165) is 10.9 Å². The molecule has 1 saturated heterocycles. The third-order valence-electron chi connectivity index (χ3n) is 4.73. The molecule has 2 amide bonds. The number of halogens is 1. The summed E-state index contributed by atoms with van der Waals surface area (Å²) in [5.74, 6) is 0.0467. The molecule has 2 aromatic heterocycles. The highest BCUT2D eigenvalue weighted by molar-refractivity contribution is 6.35. The van der Waals surface area contributed by atoms with Crippen LogP contribution >= 0.6 is 11.6 Å². The molecule has 0 aliphatic carbocycles. The number of carbonyl (C=O) groups is 2. The summed E-state index contributed by atoms with van der Waals surface area (Å²) in [6.07, 6.45) is 2.91. The molecule has 7 heteroatoms. The van der Waals surface area contributed by atoms with Crippen LogP contribution in [0.1, 0.15) is 26.5 Å². The van der Waals surface area contributed by atoms with E-state index in [9.17, 15) is 9.59 Å². The third-order valence-corrected chi connectivity index (χ3v) is 5.03. The van der Waals surface area contributed by atoms with Gasteiger partial charge in [-0.25, -0.2) is 0 Å². The summed E-state index contributed by atoms with van der Waals surface area (Å²) in [5, 5.41) is 1.33. The van der Waals surface area contributed by atoms with Gasteiger partial charge in [-0.3, -0.25) is 9.59 Å². The van der Waals surface area contributed by atoms with Crippen LogP contribution in [0.4, 0.5) is 0 Å². The maximum atomic E-state index is 12.9. The summed E-state index contributed by atoms with van der Waals surface area (Å²) in [6, 6.07) is 7.10. The molecule has 0 spiro atoms. The Morgan fingerprint density at radius 1 is 1.04 bits per heavy atom. The minimum Gasteiger partial charge on any atom is -0.472 e. The number of amides is 2. The van der Waals surface area contributed by atoms with Crippen LogP contribution in [0.25, 0.3) is 11.0 Å². The predicted octanol–water partition coefficient (Wildman–Crippen LogP) is 3.59. The number of benzene rings is 1. The molecular formula is C19H17ClN2O4. The highest BCUT2D eigenvalue weighted by Gasteiger charge is 2.29. The Hall–Kier alpha value is -2.73. The number of hydrogen-bond donors (Lipinski definition) is 0. The van der Waals surface area contributed by atoms with Crippen LogP contribution in [-0.2, 0) is 0 Å². The van der Waals surface area contributed by atoms with Gasteiger partial charge in [0.1, 0.15) is 6.26 Å². The Bertz CT molecular complexity index is 969. The van der Waals surface area contributed by atoms with Crippen molar-refractivity contribution in [3.63, 3.8) is 0 Å². The maximum Gasteiger partial charge on any atom is 0.290 e. The zero-order valence-corrected chi connectivity index (χ0v) is 15.0. The molecule has 4 rings (SSSR count). The summed E-state index contributed by atoms with van der Waals surface area (Å²) in [6.45, 7) is 3.69. The van der Waals surface area contributed by atoms with Gasteiger partial charge in [-0.05, 0) is 19.1 Å². The second-order valence-corrected chi connectivity index (χ2v) is 6.68. The highest BCUT2D eigenvalue weighted by Crippen LogP contribution is 2.31. The maximum absolute atomic E-state index is 12.9. The highest BCUT2D eigenvalue weighted by atomic mass is 35.5. The second kappa shape index (κ2) is 6.53. The summed E-state index contributed by atoms with van der Waals surface area (Å²) < 4.78 is 10.7. The van der Waals surface area contributed by atoms with E-state index in [4.69, 9.17) is 20.4 Å². The van der Waals surface area contributed by atoms with E-state index >= 15 is 0 Å². The number of para-hydroxylation sites is 1. The largest absolute Gasteiger partial charge is 0.472 e. The van der Waals surface area contributed by atoms with Crippen molar-refractivity contribution >= 4 is 34.4 Å². The van der Waals surface area contributed by atoms with E-state index in [2.05, 4.69) is 0 Å². The fourth-order valence-corrected chi connectivity index (χ4v) is 3.45. The van der Waals surface area contributed by atoms with Crippen molar-refractivity contribution < 1.29 is 18.4 Å². The van der Waals surface area contributed by atoms with Gasteiger partial charge in [0.05, 0.1) is 16.8 Å². The minimum absolute atomic E-state index is 0.0856. The van der Waals surface area contributed by atoms with Gasteiger partial charge in [0, 0.05) is 37.1 Å². The number of hydrogen-bond acceptors (Lipinski definition) is 4. The van der Waals surface area contributed by atoms with Gasteiger partial charge in [-0.1, -0.05) is 23.7 Å². The molecule has 0 atom stereocenters. The summed E-state index contributed by atoms with van der Waals surface area (Å²) in [4.78, 5) is 28.6. The van der Waals surface area contributed by atoms with E-state index in [-0.39, 0.29) is 11.8 Å². The third kappa shape index (κ3) is 2.76. The zero-order valence-electron chi connectivity index (χ0n) is 14.2. The number of carbonyl (C=O) groups excluding carboxylic acids is 2. The van der Waals surface area contributed by atoms with Crippen molar-refractivity contribution in [3.8, 4) is 0 Å². The molecule has 1 aromatic carbocycles. The van der Waals surface area contributed by atoms with Gasteiger partial charge >= 0.3 is 0 Å². The van der Waals surface area contributed by atoms with E-state index in [0.29, 0.717) is 48.1 Å². The van der Waals surface area contributed by atoms with Crippen LogP contribution < -0.4 is 0 Å². The lowest BCUT2D eigenvalue weighted by atomic mass is 10.1. The van der Waals surface area contributed by atoms with E-state index < -0.39 is 0 Å². The lowest BCUT2D eigenvalue weighted by molar-refractivity contribution is 0.0518. The first-order valence-corrected chi connectivity index (χ1v) is 8.72. The van der Waals surface area contributed by atoms with Crippen LogP contribution in [0.3, 0.4) is 0 Å². The number of furan rings is 2. The summed E-state index contributed by atoms with van der Waals surface area (Å²) in [7, 11) is 0. The number of nitrogens with zero attached hydrogens (tertiary/aromatic N) is 2. The fourth-order valence-electron chi connectivity index (χ4n) is 3.24. The van der Waals surface area contributed by atoms with Gasteiger partial charge in [-0.15, -0.1) is 0 Å². The van der Waals surface area contributed by atoms with Gasteiger partial charge in [-0.2, -0.15) is 0 Å². The Balaban J connectivity index is 1.50. The Labute approximate surface area is 154 Å². The van der Waals surface area contributed by atoms with Gasteiger partial charge in [0.25, 0.3) is 11.8 Å². The van der Waals surface area contributed by atoms with Gasteiger partial charge in [0.2, 0.25) is 0 Å². The molecule has 0 unspecified atom stereocenters. The smallest absolute Gasteiger partial charge is 0.290 e. The number of rotatable bonds is 2. The van der Waals surface area contributed by atoms with Crippen LogP contribution in [0, 0.1) is 6.92 Å². The van der Waals surface area contributed by atoms with Crippen LogP contribution in [0.5, 0.6) is 0 Å². The van der Waals surface area contributed by atoms with Gasteiger partial charge < -0.3 is 18.6 Å². The summed E-state index contributed by atoms with van der Waals surface area (Å²) >= 11 is 6.17. The predicted molar refractivity (Wildman–Crippen MR) is 96.5 cm³/mol. The average molecular weight is 373 g/mol. The number of fused-ring (bicyclic) bond motifs is 1. The van der Waals surface area contributed by atoms with Gasteiger partial charge in [0.15, 0.2) is 11.3 Å². The van der Waals surface area contributed by atoms with Crippen molar-refractivity contribution in [1.82, 2.24) is 9.80 Å². The average Bonchev–Trinajstić information content (AvgIpc) is 3.30. The Kier molecular flexibility index (Phi) is 4.20. The lowest BCUT2D eigenvalue weighted by Crippen LogP contribution is -2.50. The van der Waals surface area contributed by atoms with E-state index in [1.807, 2.05) is 19.1 Å². The molecule has 1 fully saturated rings. The normalized spacial score (nSPS) is 14.8. The van der Waals surface area contributed by atoms with Crippen LogP contribution in [-0.4, -0.2) is 47.8 Å². The van der Waals surface area contributed by atoms with Crippen LogP contribution in [0.15, 0.2) is 45.6 Å². The van der Waals surface area contributed by atoms with Crippen molar-refractivity contribution in [3.05, 3.63) is 58.7 Å². The number of aryl methyl sites for hydroxylation is 1. The van der Waals surface area contributed by atoms with E-state index in [1.165, 1.54) is 12.5 Å². The molecule has 26 heavy (non-hydrogen) atoms. The monoisotopic (exact) mass is 372 g/mol. The second-order valence-electron chi connectivity index (χ2n) is 6.27. The SMILES string of the molecule is Cc1c(C(=O)N2CCN(C(=O)c3ccoc3)CC2)oc2c(Cl)cccc12. The standard InChI is InChI=1S/C19H17ClN2O4/c1-12-14-3-2-4-15(20)17(14)26-16(12)19(24)22-8-6-21(7-9-22)18(23)13-5-10-25-11-13/h2-5,10-11H,6-9H2,1H3. The molecule has 0 saturated carbocycles. The lowest BCUT2D eigenvalue weighted by Gasteiger charge is -2.34. The quantitative estimate of drug-likeness (QED) is 0.689. The van der Waals surface area contributed by atoms with E-state index in [1.54, 1.807) is 21.9 Å². The molecule has 0 N–H and O–H groups in total. The fraction of sp³-hybridized carbons (Fsp3) is 0.263. The molecule has 0 bridgehead atoms. The molecule has 0 radical (unpaired) electrons. The topological polar surface area (TPSA) is 66.9 Å². The van der Waals surface area contributed by atoms with Crippen molar-refractivity contribution in [2.75, 3.05) is 26.2 Å². The molecular weight excluding hydrogens is 356 g/mol. The first kappa shape index (κ1) is 16.7. The molecule has 6 nitrogen and oxygen atoms in total. The molecule has 3 heterocycles. The van der Waals surface area contributed by atoms with Crippen molar-refractivity contribution in [2.45, 2.75) is 6.92 Å². The van der Waals surface area contributed by atoms with Crippen LogP contribution in [0.2, 0.25) is 5.02 Å². The van der Waals surface area contributed by atoms with Crippen molar-refractivity contribution in [2.24, 2.45) is 0 Å². The molecule has 3 aromatic rings. The summed E-state index contributed by atoms with van der Waals surface area (Å²) in [5.41, 5.74) is 1.83. The minimum atomic E-state index is -0.176. The molecule has 1 aliphatic heterocycles. The Morgan fingerprint density at radius 3 is 2.35 bits per heavy atom. The number of piperazine rings is 1. The first-order chi connectivity index (χ1) is 12.6. The zero-order chi connectivity index (χ0) is 18.3. The first-order valence-electron chi connectivity index (χ1n) is 8.34. The Morgan fingerprint density at radius 2 is 1.73 bits per heavy atom. The van der Waals surface area contributed by atoms with Crippen molar-refractivity contribution in [1.29, 1.82) is 0 Å². The molecule has 1 aliphatic rings. The molecule has 134 valence electrons.